The maximum Gasteiger partial charge on any atom is 0.250 e. The highest BCUT2D eigenvalue weighted by Gasteiger charge is 2.55. The number of benzene rings is 1. The molecule has 0 bridgehead atoms. The number of nitrogens with two attached hydrogens (primary N) is 1. The van der Waals surface area contributed by atoms with Gasteiger partial charge < -0.3 is 10.6 Å². The molecule has 1 saturated heterocycles. The highest BCUT2D eigenvalue weighted by atomic mass is 19.1. The van der Waals surface area contributed by atoms with Crippen LogP contribution >= 0.6 is 0 Å². The van der Waals surface area contributed by atoms with Crippen LogP contribution in [0.4, 0.5) is 15.9 Å². The monoisotopic (exact) mass is 520 g/mol. The van der Waals surface area contributed by atoms with Gasteiger partial charge in [-0.05, 0) is 67.0 Å². The van der Waals surface area contributed by atoms with E-state index in [0.29, 0.717) is 29.1 Å². The fourth-order valence-corrected chi connectivity index (χ4v) is 5.11. The molecule has 200 valence electrons. The lowest BCUT2D eigenvalue weighted by atomic mass is 9.80. The van der Waals surface area contributed by atoms with Crippen LogP contribution in [0.15, 0.2) is 42.9 Å². The van der Waals surface area contributed by atoms with E-state index in [-0.39, 0.29) is 30.5 Å². The molecule has 1 aliphatic heterocycles. The smallest absolute Gasteiger partial charge is 0.250 e. The highest BCUT2D eigenvalue weighted by molar-refractivity contribution is 6.12. The predicted octanol–water partition coefficient (Wildman–Crippen LogP) is 3.30. The van der Waals surface area contributed by atoms with Crippen molar-refractivity contribution >= 4 is 29.2 Å². The summed E-state index contributed by atoms with van der Waals surface area (Å²) < 4.78 is 15.8. The number of carbonyl (C=O) groups excluding carboxylic acids is 3. The number of amides is 3. The summed E-state index contributed by atoms with van der Waals surface area (Å²) in [6.45, 7) is 5.33. The summed E-state index contributed by atoms with van der Waals surface area (Å²) in [5.41, 5.74) is 8.98. The first kappa shape index (κ1) is 27.0. The molecule has 3 atom stereocenters. The van der Waals surface area contributed by atoms with Crippen LogP contribution in [-0.4, -0.2) is 50.5 Å². The number of rotatable bonds is 8. The number of pyridine rings is 1. The van der Waals surface area contributed by atoms with Crippen LogP contribution in [-0.2, 0) is 27.9 Å². The number of aromatic nitrogens is 3. The van der Waals surface area contributed by atoms with Crippen LogP contribution in [0.3, 0.4) is 0 Å². The first-order valence-electron chi connectivity index (χ1n) is 12.6. The lowest BCUT2D eigenvalue weighted by Crippen LogP contribution is -2.69. The Kier molecular flexibility index (Phi) is 7.61. The average Bonchev–Trinajstić information content (AvgIpc) is 3.32. The minimum absolute atomic E-state index is 0.0298. The van der Waals surface area contributed by atoms with Crippen LogP contribution in [0.2, 0.25) is 0 Å². The highest BCUT2D eigenvalue weighted by Crippen LogP contribution is 2.35. The molecule has 0 spiro atoms. The van der Waals surface area contributed by atoms with Crippen molar-refractivity contribution in [3.63, 3.8) is 0 Å². The average molecular weight is 521 g/mol. The number of carbonyl (C=O) groups is 3. The van der Waals surface area contributed by atoms with E-state index in [0.717, 1.165) is 16.0 Å². The lowest BCUT2D eigenvalue weighted by Gasteiger charge is -2.46. The van der Waals surface area contributed by atoms with Gasteiger partial charge in [-0.2, -0.15) is 5.10 Å². The number of imide groups is 1. The molecule has 1 aliphatic rings. The zero-order valence-electron chi connectivity index (χ0n) is 22.3. The summed E-state index contributed by atoms with van der Waals surface area (Å²) in [6.07, 6.45) is 5.69. The van der Waals surface area contributed by atoms with Gasteiger partial charge in [-0.25, -0.2) is 9.37 Å². The van der Waals surface area contributed by atoms with Crippen molar-refractivity contribution in [3.8, 4) is 0 Å². The van der Waals surface area contributed by atoms with Crippen molar-refractivity contribution in [2.45, 2.75) is 52.0 Å². The molecule has 3 aromatic rings. The first-order chi connectivity index (χ1) is 18.0. The number of hydrogen-bond acceptors (Lipinski definition) is 6. The van der Waals surface area contributed by atoms with Gasteiger partial charge in [0.2, 0.25) is 11.8 Å². The fraction of sp³-hybridized carbons (Fsp3) is 0.393. The number of nitrogens with zero attached hydrogens (tertiary/aromatic N) is 5. The molecule has 38 heavy (non-hydrogen) atoms. The lowest BCUT2D eigenvalue weighted by molar-refractivity contribution is -0.170. The van der Waals surface area contributed by atoms with Gasteiger partial charge in [-0.3, -0.25) is 24.0 Å². The number of nitrogen functional groups attached to an aromatic ring is 1. The summed E-state index contributed by atoms with van der Waals surface area (Å²) >= 11 is 0. The molecule has 1 fully saturated rings. The number of likely N-dealkylation sites (N-methyl/N-ethyl adjacent to an activating group) is 1. The van der Waals surface area contributed by atoms with E-state index >= 15 is 0 Å². The number of aryl methyl sites for hydroxylation is 3. The van der Waals surface area contributed by atoms with Gasteiger partial charge >= 0.3 is 0 Å². The largest absolute Gasteiger partial charge is 0.384 e. The third kappa shape index (κ3) is 5.16. The molecule has 4 rings (SSSR count). The van der Waals surface area contributed by atoms with Gasteiger partial charge in [0, 0.05) is 32.9 Å². The second-order valence-electron chi connectivity index (χ2n) is 9.99. The fourth-order valence-electron chi connectivity index (χ4n) is 5.11. The van der Waals surface area contributed by atoms with Crippen molar-refractivity contribution in [1.29, 1.82) is 0 Å². The van der Waals surface area contributed by atoms with Crippen LogP contribution in [0.5, 0.6) is 0 Å². The number of hydrogen-bond donors (Lipinski definition) is 1. The van der Waals surface area contributed by atoms with Crippen molar-refractivity contribution in [2.24, 2.45) is 13.0 Å². The van der Waals surface area contributed by atoms with E-state index in [1.165, 1.54) is 4.90 Å². The Bertz CT molecular complexity index is 1360. The number of anilines is 2. The molecule has 0 saturated carbocycles. The van der Waals surface area contributed by atoms with Crippen LogP contribution < -0.4 is 10.6 Å². The van der Waals surface area contributed by atoms with E-state index in [1.54, 1.807) is 75.5 Å². The maximum absolute atomic E-state index is 14.2. The van der Waals surface area contributed by atoms with E-state index in [9.17, 15) is 18.8 Å². The Labute approximate surface area is 221 Å². The first-order valence-corrected chi connectivity index (χ1v) is 12.6. The van der Waals surface area contributed by atoms with Crippen molar-refractivity contribution in [2.75, 3.05) is 17.7 Å². The third-order valence-corrected chi connectivity index (χ3v) is 7.29. The standard InChI is InChI=1S/C28H33FN6O3/c1-6-19(20-9-16(2)25(29)17(3)10-20)13-24(36)35-26(28(38)34(5)21-14-32-33(4)15-21)22(27(35)37)11-18-7-8-31-23(30)12-18/h7-10,12,14-15,19,22,26H,6,11,13H2,1-5H3,(H2,30,31)/t19-,22+,26-/m0/s1. The molecule has 9 nitrogen and oxygen atoms in total. The molecule has 0 radical (unpaired) electrons. The molecule has 0 unspecified atom stereocenters. The normalized spacial score (nSPS) is 17.7. The van der Waals surface area contributed by atoms with Gasteiger partial charge in [0.15, 0.2) is 0 Å². The van der Waals surface area contributed by atoms with Gasteiger partial charge in [0.05, 0.1) is 17.8 Å². The van der Waals surface area contributed by atoms with Crippen molar-refractivity contribution in [1.82, 2.24) is 19.7 Å². The SMILES string of the molecule is CC[C@@H](CC(=O)N1C(=O)[C@H](Cc2ccnc(N)c2)[C@H]1C(=O)N(C)c1cnn(C)c1)c1cc(C)c(F)c(C)c1. The zero-order valence-corrected chi connectivity index (χ0v) is 22.3. The Balaban J connectivity index is 1.61. The Hall–Kier alpha value is -4.08. The molecular weight excluding hydrogens is 487 g/mol. The number of halogens is 1. The van der Waals surface area contributed by atoms with E-state index in [4.69, 9.17) is 5.73 Å². The number of likely N-dealkylation sites (tertiary alicyclic amines) is 1. The Morgan fingerprint density at radius 1 is 1.21 bits per heavy atom. The summed E-state index contributed by atoms with van der Waals surface area (Å²) in [4.78, 5) is 47.1. The second kappa shape index (κ2) is 10.7. The second-order valence-corrected chi connectivity index (χ2v) is 9.99. The quantitative estimate of drug-likeness (QED) is 0.456. The van der Waals surface area contributed by atoms with Gasteiger partial charge in [-0.15, -0.1) is 0 Å². The molecule has 3 amide bonds. The van der Waals surface area contributed by atoms with Gasteiger partial charge in [0.1, 0.15) is 17.7 Å². The molecule has 10 heteroatoms. The molecule has 3 heterocycles. The van der Waals surface area contributed by atoms with Crippen molar-refractivity contribution < 1.29 is 18.8 Å². The summed E-state index contributed by atoms with van der Waals surface area (Å²) in [5, 5.41) is 4.12. The minimum Gasteiger partial charge on any atom is -0.384 e. The van der Waals surface area contributed by atoms with Crippen LogP contribution in [0.25, 0.3) is 0 Å². The summed E-state index contributed by atoms with van der Waals surface area (Å²) in [7, 11) is 3.34. The molecule has 2 N–H and O–H groups in total. The molecular formula is C28H33FN6O3. The Morgan fingerprint density at radius 3 is 2.47 bits per heavy atom. The van der Waals surface area contributed by atoms with E-state index in [1.807, 2.05) is 6.92 Å². The zero-order chi connectivity index (χ0) is 27.7. The van der Waals surface area contributed by atoms with Gasteiger partial charge in [-0.1, -0.05) is 19.1 Å². The minimum atomic E-state index is -0.969. The van der Waals surface area contributed by atoms with Crippen molar-refractivity contribution in [3.05, 3.63) is 70.9 Å². The third-order valence-electron chi connectivity index (χ3n) is 7.29. The molecule has 2 aromatic heterocycles. The Morgan fingerprint density at radius 2 is 1.89 bits per heavy atom. The summed E-state index contributed by atoms with van der Waals surface area (Å²) in [6, 6.07) is 5.93. The van der Waals surface area contributed by atoms with E-state index < -0.39 is 23.8 Å². The van der Waals surface area contributed by atoms with Crippen LogP contribution in [0, 0.1) is 25.6 Å². The van der Waals surface area contributed by atoms with E-state index in [2.05, 4.69) is 10.1 Å². The maximum atomic E-state index is 14.2. The summed E-state index contributed by atoms with van der Waals surface area (Å²) in [5.74, 6) is -2.10. The van der Waals surface area contributed by atoms with Crippen LogP contribution in [0.1, 0.15) is 47.9 Å². The topological polar surface area (TPSA) is 114 Å². The molecule has 0 aliphatic carbocycles. The molecule has 1 aromatic carbocycles. The predicted molar refractivity (Wildman–Crippen MR) is 142 cm³/mol. The van der Waals surface area contributed by atoms with Gasteiger partial charge in [0.25, 0.3) is 5.91 Å². The number of β-lactam (4-membered cyclic amide) rings is 1.